The number of hydrogen-bond donors (Lipinski definition) is 0. The fraction of sp³-hybridized carbons (Fsp3) is 0.538. The summed E-state index contributed by atoms with van der Waals surface area (Å²) in [5.41, 5.74) is 0.612. The molecule has 0 N–H and O–H groups in total. The minimum absolute atomic E-state index is 0.375. The molecule has 1 rings (SSSR count). The lowest BCUT2D eigenvalue weighted by atomic mass is 9.73. The number of nitrogens with zero attached hydrogens (tertiary/aromatic N) is 3. The van der Waals surface area contributed by atoms with Gasteiger partial charge in [0.05, 0.1) is 11.5 Å². The average molecular weight is 217 g/mol. The Morgan fingerprint density at radius 2 is 2.12 bits per heavy atom. The van der Waals surface area contributed by atoms with Crippen molar-refractivity contribution in [1.29, 1.82) is 5.26 Å². The van der Waals surface area contributed by atoms with Crippen LogP contribution in [0.4, 0.5) is 0 Å². The van der Waals surface area contributed by atoms with E-state index in [9.17, 15) is 5.26 Å². The van der Waals surface area contributed by atoms with Crippen molar-refractivity contribution < 1.29 is 0 Å². The maximum absolute atomic E-state index is 9.45. The first kappa shape index (κ1) is 12.7. The van der Waals surface area contributed by atoms with Crippen molar-refractivity contribution in [2.45, 2.75) is 19.8 Å². The summed E-state index contributed by atoms with van der Waals surface area (Å²) in [7, 11) is 2.09. The molecular weight excluding hydrogens is 198 g/mol. The first-order valence-corrected chi connectivity index (χ1v) is 5.57. The SMILES string of the molecule is C=NC=C(C=CC)C1(C#N)CCN(C)CC1. The molecule has 0 saturated carbocycles. The molecule has 0 spiro atoms. The minimum Gasteiger partial charge on any atom is -0.306 e. The van der Waals surface area contributed by atoms with E-state index in [0.717, 1.165) is 31.5 Å². The van der Waals surface area contributed by atoms with Crippen LogP contribution in [0.2, 0.25) is 0 Å². The molecule has 16 heavy (non-hydrogen) atoms. The first-order valence-electron chi connectivity index (χ1n) is 5.57. The molecule has 1 aliphatic rings. The summed E-state index contributed by atoms with van der Waals surface area (Å²) in [6.45, 7) is 7.35. The van der Waals surface area contributed by atoms with Crippen LogP contribution in [0, 0.1) is 16.7 Å². The Kier molecular flexibility index (Phi) is 4.45. The molecule has 0 aromatic heterocycles. The van der Waals surface area contributed by atoms with Gasteiger partial charge in [-0.2, -0.15) is 5.26 Å². The molecule has 0 aliphatic carbocycles. The topological polar surface area (TPSA) is 39.4 Å². The zero-order chi connectivity index (χ0) is 12.0. The third-order valence-corrected chi connectivity index (χ3v) is 3.18. The highest BCUT2D eigenvalue weighted by atomic mass is 15.1. The third-order valence-electron chi connectivity index (χ3n) is 3.18. The Morgan fingerprint density at radius 3 is 2.56 bits per heavy atom. The molecule has 86 valence electrons. The van der Waals surface area contributed by atoms with Crippen LogP contribution >= 0.6 is 0 Å². The van der Waals surface area contributed by atoms with Crippen LogP contribution in [0.25, 0.3) is 0 Å². The number of aliphatic imine (C=N–C) groups is 1. The van der Waals surface area contributed by atoms with Gasteiger partial charge in [0.2, 0.25) is 0 Å². The van der Waals surface area contributed by atoms with E-state index in [1.807, 2.05) is 19.1 Å². The van der Waals surface area contributed by atoms with Gasteiger partial charge in [-0.3, -0.25) is 4.99 Å². The summed E-state index contributed by atoms with van der Waals surface area (Å²) in [6.07, 6.45) is 7.38. The average Bonchev–Trinajstić information content (AvgIpc) is 2.31. The Hall–Kier alpha value is -1.40. The molecule has 1 aliphatic heterocycles. The van der Waals surface area contributed by atoms with Gasteiger partial charge in [0.15, 0.2) is 0 Å². The van der Waals surface area contributed by atoms with Crippen LogP contribution in [-0.4, -0.2) is 31.8 Å². The van der Waals surface area contributed by atoms with E-state index in [2.05, 4.69) is 29.7 Å². The molecule has 0 unspecified atom stereocenters. The summed E-state index contributed by atoms with van der Waals surface area (Å²) in [5, 5.41) is 9.45. The van der Waals surface area contributed by atoms with Crippen molar-refractivity contribution in [1.82, 2.24) is 4.90 Å². The number of likely N-dealkylation sites (tertiary alicyclic amines) is 1. The zero-order valence-corrected chi connectivity index (χ0v) is 10.1. The fourth-order valence-corrected chi connectivity index (χ4v) is 2.07. The number of rotatable bonds is 3. The van der Waals surface area contributed by atoms with Gasteiger partial charge in [-0.15, -0.1) is 0 Å². The normalized spacial score (nSPS) is 21.9. The van der Waals surface area contributed by atoms with Gasteiger partial charge in [-0.05, 0) is 52.2 Å². The van der Waals surface area contributed by atoms with Crippen LogP contribution in [0.3, 0.4) is 0 Å². The second-order valence-corrected chi connectivity index (χ2v) is 4.26. The Balaban J connectivity index is 2.99. The number of hydrogen-bond acceptors (Lipinski definition) is 3. The summed E-state index contributed by atoms with van der Waals surface area (Å²) >= 11 is 0. The first-order chi connectivity index (χ1) is 7.68. The van der Waals surface area contributed by atoms with Crippen molar-refractivity contribution in [3.63, 3.8) is 0 Å². The van der Waals surface area contributed by atoms with Crippen molar-refractivity contribution in [3.05, 3.63) is 23.9 Å². The molecule has 0 bridgehead atoms. The molecule has 0 atom stereocenters. The van der Waals surface area contributed by atoms with Gasteiger partial charge >= 0.3 is 0 Å². The van der Waals surface area contributed by atoms with Crippen molar-refractivity contribution in [2.75, 3.05) is 20.1 Å². The molecule has 1 heterocycles. The summed E-state index contributed by atoms with van der Waals surface area (Å²) in [6, 6.07) is 2.47. The van der Waals surface area contributed by atoms with Gasteiger partial charge in [0, 0.05) is 6.20 Å². The van der Waals surface area contributed by atoms with Crippen molar-refractivity contribution in [3.8, 4) is 6.07 Å². The number of piperidine rings is 1. The van der Waals surface area contributed by atoms with E-state index in [1.165, 1.54) is 0 Å². The lowest BCUT2D eigenvalue weighted by Crippen LogP contribution is -2.38. The van der Waals surface area contributed by atoms with Gasteiger partial charge < -0.3 is 4.90 Å². The Bertz CT molecular complexity index is 339. The van der Waals surface area contributed by atoms with Crippen LogP contribution in [0.5, 0.6) is 0 Å². The van der Waals surface area contributed by atoms with E-state index in [0.29, 0.717) is 0 Å². The minimum atomic E-state index is -0.375. The fourth-order valence-electron chi connectivity index (χ4n) is 2.07. The molecule has 1 saturated heterocycles. The van der Waals surface area contributed by atoms with Gasteiger partial charge in [-0.25, -0.2) is 0 Å². The van der Waals surface area contributed by atoms with E-state index < -0.39 is 0 Å². The predicted molar refractivity (Wildman–Crippen MR) is 67.2 cm³/mol. The largest absolute Gasteiger partial charge is 0.306 e. The second kappa shape index (κ2) is 5.62. The maximum Gasteiger partial charge on any atom is 0.0861 e. The summed E-state index contributed by atoms with van der Waals surface area (Å²) in [4.78, 5) is 6.07. The molecule has 0 radical (unpaired) electrons. The lowest BCUT2D eigenvalue weighted by Gasteiger charge is -2.36. The highest BCUT2D eigenvalue weighted by Gasteiger charge is 2.36. The van der Waals surface area contributed by atoms with Crippen LogP contribution in [0.15, 0.2) is 28.9 Å². The molecule has 0 aromatic rings. The highest BCUT2D eigenvalue weighted by Crippen LogP contribution is 2.38. The quantitative estimate of drug-likeness (QED) is 0.538. The van der Waals surface area contributed by atoms with E-state index in [-0.39, 0.29) is 5.41 Å². The van der Waals surface area contributed by atoms with E-state index in [4.69, 9.17) is 0 Å². The maximum atomic E-state index is 9.45. The highest BCUT2D eigenvalue weighted by molar-refractivity contribution is 5.36. The summed E-state index contributed by atoms with van der Waals surface area (Å²) in [5.74, 6) is 0. The van der Waals surface area contributed by atoms with E-state index in [1.54, 1.807) is 6.20 Å². The predicted octanol–water partition coefficient (Wildman–Crippen LogP) is 2.38. The third kappa shape index (κ3) is 2.59. The van der Waals surface area contributed by atoms with Gasteiger partial charge in [0.1, 0.15) is 0 Å². The van der Waals surface area contributed by atoms with Crippen LogP contribution in [-0.2, 0) is 0 Å². The van der Waals surface area contributed by atoms with Crippen molar-refractivity contribution >= 4 is 6.72 Å². The van der Waals surface area contributed by atoms with Crippen molar-refractivity contribution in [2.24, 2.45) is 10.4 Å². The molecule has 3 nitrogen and oxygen atoms in total. The lowest BCUT2D eigenvalue weighted by molar-refractivity contribution is 0.200. The second-order valence-electron chi connectivity index (χ2n) is 4.26. The molecule has 0 amide bonds. The standard InChI is InChI=1S/C13H19N3/c1-4-5-12(10-15-2)13(11-14)6-8-16(3)9-7-13/h4-5,10H,2,6-9H2,1,3H3. The Morgan fingerprint density at radius 1 is 1.50 bits per heavy atom. The molecular formula is C13H19N3. The number of nitriles is 1. The molecule has 0 aromatic carbocycles. The van der Waals surface area contributed by atoms with Gasteiger partial charge in [0.25, 0.3) is 0 Å². The number of allylic oxidation sites excluding steroid dienone is 3. The zero-order valence-electron chi connectivity index (χ0n) is 10.1. The van der Waals surface area contributed by atoms with E-state index >= 15 is 0 Å². The monoisotopic (exact) mass is 217 g/mol. The smallest absolute Gasteiger partial charge is 0.0861 e. The summed E-state index contributed by atoms with van der Waals surface area (Å²) < 4.78 is 0. The Labute approximate surface area is 97.8 Å². The van der Waals surface area contributed by atoms with Crippen LogP contribution in [0.1, 0.15) is 19.8 Å². The van der Waals surface area contributed by atoms with Gasteiger partial charge in [-0.1, -0.05) is 12.2 Å². The molecule has 3 heteroatoms. The molecule has 1 fully saturated rings. The van der Waals surface area contributed by atoms with Crippen LogP contribution < -0.4 is 0 Å².